The summed E-state index contributed by atoms with van der Waals surface area (Å²) < 4.78 is 5.15. The largest absolute Gasteiger partial charge is 0.447 e. The third kappa shape index (κ3) is 3.11. The fraction of sp³-hybridized carbons (Fsp3) is 0.625. The number of hydrogen-bond donors (Lipinski definition) is 0. The second-order valence-electron chi connectivity index (χ2n) is 6.00. The number of carbonyl (C=O) groups is 1. The first-order chi connectivity index (χ1) is 9.52. The molecule has 1 amide bonds. The summed E-state index contributed by atoms with van der Waals surface area (Å²) in [6.07, 6.45) is 3.79. The third-order valence-electron chi connectivity index (χ3n) is 4.01. The summed E-state index contributed by atoms with van der Waals surface area (Å²) in [7, 11) is 0. The second kappa shape index (κ2) is 6.25. The number of nitrogens with zero attached hydrogens (tertiary/aromatic N) is 2. The van der Waals surface area contributed by atoms with Gasteiger partial charge in [0.25, 0.3) is 0 Å². The Morgan fingerprint density at radius 2 is 2.15 bits per heavy atom. The van der Waals surface area contributed by atoms with Gasteiger partial charge in [-0.05, 0) is 29.9 Å². The number of cyclic esters (lactones) is 1. The molecule has 1 aliphatic rings. The predicted octanol–water partition coefficient (Wildman–Crippen LogP) is 3.65. The van der Waals surface area contributed by atoms with Gasteiger partial charge in [0, 0.05) is 6.20 Å². The molecule has 110 valence electrons. The molecule has 0 aromatic carbocycles. The number of amides is 1. The summed E-state index contributed by atoms with van der Waals surface area (Å²) in [5.74, 6) is 1.70. The minimum atomic E-state index is -0.286. The van der Waals surface area contributed by atoms with Crippen LogP contribution in [0.2, 0.25) is 0 Å². The fourth-order valence-corrected chi connectivity index (χ4v) is 2.42. The molecule has 0 N–H and O–H groups in total. The monoisotopic (exact) mass is 276 g/mol. The molecule has 1 saturated heterocycles. The van der Waals surface area contributed by atoms with Crippen LogP contribution in [0, 0.1) is 11.8 Å². The van der Waals surface area contributed by atoms with Crippen molar-refractivity contribution in [3.05, 3.63) is 23.9 Å². The van der Waals surface area contributed by atoms with Crippen molar-refractivity contribution in [2.24, 2.45) is 11.8 Å². The van der Waals surface area contributed by atoms with Crippen LogP contribution in [0.15, 0.2) is 18.3 Å². The lowest BCUT2D eigenvalue weighted by Crippen LogP contribution is -2.37. The number of hydrogen-bond acceptors (Lipinski definition) is 3. The second-order valence-corrected chi connectivity index (χ2v) is 6.00. The predicted molar refractivity (Wildman–Crippen MR) is 79.8 cm³/mol. The number of anilines is 1. The van der Waals surface area contributed by atoms with Gasteiger partial charge in [-0.25, -0.2) is 9.78 Å². The van der Waals surface area contributed by atoms with Crippen molar-refractivity contribution >= 4 is 11.9 Å². The van der Waals surface area contributed by atoms with Gasteiger partial charge in [0.05, 0.1) is 6.04 Å². The lowest BCUT2D eigenvalue weighted by Gasteiger charge is -2.23. The number of ether oxygens (including phenoxy) is 1. The molecule has 4 heteroatoms. The minimum absolute atomic E-state index is 0.0791. The van der Waals surface area contributed by atoms with Crippen molar-refractivity contribution in [1.82, 2.24) is 4.98 Å². The molecule has 0 bridgehead atoms. The van der Waals surface area contributed by atoms with Crippen molar-refractivity contribution in [1.29, 1.82) is 0 Å². The molecule has 2 rings (SSSR count). The Hall–Kier alpha value is -1.58. The Morgan fingerprint density at radius 1 is 1.40 bits per heavy atom. The molecule has 2 heterocycles. The van der Waals surface area contributed by atoms with Gasteiger partial charge in [-0.2, -0.15) is 0 Å². The Balaban J connectivity index is 2.14. The van der Waals surface area contributed by atoms with E-state index in [1.165, 1.54) is 5.56 Å². The Bertz CT molecular complexity index is 456. The molecule has 0 spiro atoms. The van der Waals surface area contributed by atoms with Crippen molar-refractivity contribution in [2.45, 2.75) is 46.6 Å². The Labute approximate surface area is 121 Å². The maximum Gasteiger partial charge on any atom is 0.415 e. The minimum Gasteiger partial charge on any atom is -0.447 e. The highest BCUT2D eigenvalue weighted by molar-refractivity contribution is 5.89. The molecule has 1 aromatic rings. The molecule has 1 aromatic heterocycles. The average molecular weight is 276 g/mol. The van der Waals surface area contributed by atoms with Crippen LogP contribution in [-0.4, -0.2) is 23.7 Å². The third-order valence-corrected chi connectivity index (χ3v) is 4.01. The van der Waals surface area contributed by atoms with E-state index in [9.17, 15) is 4.79 Å². The lowest BCUT2D eigenvalue weighted by molar-refractivity contribution is 0.177. The highest BCUT2D eigenvalue weighted by atomic mass is 16.6. The van der Waals surface area contributed by atoms with Crippen molar-refractivity contribution in [3.8, 4) is 0 Å². The maximum absolute atomic E-state index is 11.9. The van der Waals surface area contributed by atoms with E-state index in [0.717, 1.165) is 12.8 Å². The smallest absolute Gasteiger partial charge is 0.415 e. The molecular formula is C16H24N2O2. The van der Waals surface area contributed by atoms with Crippen LogP contribution in [0.5, 0.6) is 0 Å². The van der Waals surface area contributed by atoms with Crippen molar-refractivity contribution in [3.63, 3.8) is 0 Å². The molecule has 0 saturated carbocycles. The number of carbonyl (C=O) groups excluding carboxylic acids is 1. The molecule has 0 aliphatic carbocycles. The van der Waals surface area contributed by atoms with Gasteiger partial charge >= 0.3 is 6.09 Å². The van der Waals surface area contributed by atoms with Gasteiger partial charge in [-0.1, -0.05) is 40.2 Å². The van der Waals surface area contributed by atoms with E-state index in [-0.39, 0.29) is 12.1 Å². The first-order valence-corrected chi connectivity index (χ1v) is 7.43. The molecular weight excluding hydrogens is 252 g/mol. The van der Waals surface area contributed by atoms with Gasteiger partial charge in [0.15, 0.2) is 0 Å². The van der Waals surface area contributed by atoms with Crippen LogP contribution in [0.25, 0.3) is 0 Å². The summed E-state index contributed by atoms with van der Waals surface area (Å²) in [5, 5.41) is 0. The summed E-state index contributed by atoms with van der Waals surface area (Å²) >= 11 is 0. The SMILES string of the molecule is CC[C@@H](C)Cc1ccc(N2C(=O)OC[C@@H]2C(C)C)nc1. The molecule has 20 heavy (non-hydrogen) atoms. The van der Waals surface area contributed by atoms with E-state index in [2.05, 4.69) is 38.7 Å². The summed E-state index contributed by atoms with van der Waals surface area (Å²) in [4.78, 5) is 18.0. The number of rotatable bonds is 5. The fourth-order valence-electron chi connectivity index (χ4n) is 2.42. The molecule has 4 nitrogen and oxygen atoms in total. The highest BCUT2D eigenvalue weighted by Gasteiger charge is 2.36. The topological polar surface area (TPSA) is 42.4 Å². The summed E-state index contributed by atoms with van der Waals surface area (Å²) in [6.45, 7) is 9.07. The van der Waals surface area contributed by atoms with Crippen LogP contribution < -0.4 is 4.90 Å². The van der Waals surface area contributed by atoms with E-state index >= 15 is 0 Å². The maximum atomic E-state index is 11.9. The van der Waals surface area contributed by atoms with E-state index < -0.39 is 0 Å². The normalized spacial score (nSPS) is 20.4. The lowest BCUT2D eigenvalue weighted by atomic mass is 10.00. The van der Waals surface area contributed by atoms with Crippen LogP contribution in [0.3, 0.4) is 0 Å². The van der Waals surface area contributed by atoms with Gasteiger partial charge in [-0.15, -0.1) is 0 Å². The molecule has 1 fully saturated rings. The standard InChI is InChI=1S/C16H24N2O2/c1-5-12(4)8-13-6-7-15(17-9-13)18-14(11(2)3)10-20-16(18)19/h6-7,9,11-12,14H,5,8,10H2,1-4H3/t12-,14-/m1/s1. The number of aromatic nitrogens is 1. The quantitative estimate of drug-likeness (QED) is 0.824. The summed E-state index contributed by atoms with van der Waals surface area (Å²) in [6, 6.07) is 4.08. The molecule has 1 aliphatic heterocycles. The van der Waals surface area contributed by atoms with Crippen LogP contribution in [0.4, 0.5) is 10.6 Å². The highest BCUT2D eigenvalue weighted by Crippen LogP contribution is 2.25. The molecule has 0 radical (unpaired) electrons. The average Bonchev–Trinajstić information content (AvgIpc) is 2.81. The van der Waals surface area contributed by atoms with Gasteiger partial charge in [0.2, 0.25) is 0 Å². The van der Waals surface area contributed by atoms with Gasteiger partial charge in [0.1, 0.15) is 12.4 Å². The van der Waals surface area contributed by atoms with E-state index in [1.807, 2.05) is 12.3 Å². The van der Waals surface area contributed by atoms with Gasteiger partial charge < -0.3 is 4.74 Å². The van der Waals surface area contributed by atoms with Crippen LogP contribution in [-0.2, 0) is 11.2 Å². The van der Waals surface area contributed by atoms with E-state index in [1.54, 1.807) is 4.90 Å². The van der Waals surface area contributed by atoms with Gasteiger partial charge in [-0.3, -0.25) is 4.90 Å². The zero-order valence-corrected chi connectivity index (χ0v) is 12.8. The number of pyridine rings is 1. The Morgan fingerprint density at radius 3 is 2.70 bits per heavy atom. The van der Waals surface area contributed by atoms with Crippen LogP contribution >= 0.6 is 0 Å². The van der Waals surface area contributed by atoms with Crippen molar-refractivity contribution < 1.29 is 9.53 Å². The zero-order chi connectivity index (χ0) is 14.7. The molecule has 0 unspecified atom stereocenters. The zero-order valence-electron chi connectivity index (χ0n) is 12.8. The first kappa shape index (κ1) is 14.8. The van der Waals surface area contributed by atoms with Crippen LogP contribution in [0.1, 0.15) is 39.7 Å². The van der Waals surface area contributed by atoms with E-state index in [4.69, 9.17) is 4.74 Å². The van der Waals surface area contributed by atoms with E-state index in [0.29, 0.717) is 24.3 Å². The molecule has 2 atom stereocenters. The Kier molecular flexibility index (Phi) is 4.63. The summed E-state index contributed by atoms with van der Waals surface area (Å²) in [5.41, 5.74) is 1.22. The first-order valence-electron chi connectivity index (χ1n) is 7.43. The van der Waals surface area contributed by atoms with Crippen molar-refractivity contribution in [2.75, 3.05) is 11.5 Å².